The van der Waals surface area contributed by atoms with Gasteiger partial charge in [-0.05, 0) is 20.8 Å². The molecule has 5 heteroatoms. The van der Waals surface area contributed by atoms with E-state index in [0.717, 1.165) is 0 Å². The number of imidazole rings is 1. The topological polar surface area (TPSA) is 64.2 Å². The van der Waals surface area contributed by atoms with E-state index in [0.29, 0.717) is 0 Å². The zero-order valence-corrected chi connectivity index (χ0v) is 7.83. The van der Waals surface area contributed by atoms with Gasteiger partial charge in [0.2, 0.25) is 5.82 Å². The van der Waals surface area contributed by atoms with Crippen LogP contribution >= 0.6 is 0 Å². The Bertz CT molecular complexity index is 274. The van der Waals surface area contributed by atoms with Crippen LogP contribution in [0.2, 0.25) is 0 Å². The van der Waals surface area contributed by atoms with Crippen LogP contribution in [-0.4, -0.2) is 21.5 Å². The summed E-state index contributed by atoms with van der Waals surface area (Å²) in [6.45, 7) is 5.34. The first kappa shape index (κ1) is 9.73. The van der Waals surface area contributed by atoms with Crippen LogP contribution < -0.4 is 0 Å². The van der Waals surface area contributed by atoms with Crippen molar-refractivity contribution in [2.24, 2.45) is 0 Å². The molecule has 1 aromatic rings. The number of nitrogens with zero attached hydrogens (tertiary/aromatic N) is 1. The summed E-state index contributed by atoms with van der Waals surface area (Å²) >= 11 is 0. The fourth-order valence-electron chi connectivity index (χ4n) is 0.579. The van der Waals surface area contributed by atoms with Gasteiger partial charge >= 0.3 is 5.97 Å². The summed E-state index contributed by atoms with van der Waals surface area (Å²) in [4.78, 5) is 26.7. The van der Waals surface area contributed by atoms with Gasteiger partial charge in [-0.2, -0.15) is 4.89 Å². The van der Waals surface area contributed by atoms with Crippen molar-refractivity contribution in [2.75, 3.05) is 0 Å². The van der Waals surface area contributed by atoms with Crippen molar-refractivity contribution in [3.05, 3.63) is 18.2 Å². The van der Waals surface area contributed by atoms with Gasteiger partial charge in [-0.1, -0.05) is 0 Å². The summed E-state index contributed by atoms with van der Waals surface area (Å²) in [5.74, 6) is -0.496. The molecule has 0 saturated carbocycles. The summed E-state index contributed by atoms with van der Waals surface area (Å²) in [7, 11) is 0. The lowest BCUT2D eigenvalue weighted by Crippen LogP contribution is -2.22. The monoisotopic (exact) mass is 184 g/mol. The Labute approximate surface area is 76.0 Å². The van der Waals surface area contributed by atoms with Crippen LogP contribution in [0.1, 0.15) is 31.4 Å². The van der Waals surface area contributed by atoms with Crippen molar-refractivity contribution in [3.63, 3.8) is 0 Å². The minimum atomic E-state index is -0.625. The molecule has 13 heavy (non-hydrogen) atoms. The molecular formula is C8H12N2O3. The van der Waals surface area contributed by atoms with Crippen LogP contribution in [0.5, 0.6) is 0 Å². The fourth-order valence-corrected chi connectivity index (χ4v) is 0.579. The van der Waals surface area contributed by atoms with E-state index in [4.69, 9.17) is 4.89 Å². The minimum absolute atomic E-state index is 0.129. The van der Waals surface area contributed by atoms with E-state index >= 15 is 0 Å². The molecular weight excluding hydrogens is 172 g/mol. The van der Waals surface area contributed by atoms with E-state index in [9.17, 15) is 4.79 Å². The molecule has 1 N–H and O–H groups in total. The maximum atomic E-state index is 11.1. The summed E-state index contributed by atoms with van der Waals surface area (Å²) in [6, 6.07) is 0. The molecule has 72 valence electrons. The van der Waals surface area contributed by atoms with Gasteiger partial charge in [-0.25, -0.2) is 9.78 Å². The molecule has 0 amide bonds. The molecule has 0 spiro atoms. The number of rotatable bonds is 2. The lowest BCUT2D eigenvalue weighted by molar-refractivity contribution is -0.301. The highest BCUT2D eigenvalue weighted by Gasteiger charge is 2.17. The lowest BCUT2D eigenvalue weighted by atomic mass is 10.2. The van der Waals surface area contributed by atoms with Crippen LogP contribution in [-0.2, 0) is 9.78 Å². The Morgan fingerprint density at radius 3 is 2.69 bits per heavy atom. The van der Waals surface area contributed by atoms with E-state index in [-0.39, 0.29) is 5.82 Å². The van der Waals surface area contributed by atoms with Gasteiger partial charge in [0, 0.05) is 12.4 Å². The number of nitrogens with one attached hydrogen (secondary N) is 1. The molecule has 0 bridgehead atoms. The normalized spacial score (nSPS) is 11.3. The number of aromatic nitrogens is 2. The molecule has 5 nitrogen and oxygen atoms in total. The van der Waals surface area contributed by atoms with Crippen LogP contribution in [0.15, 0.2) is 12.4 Å². The van der Waals surface area contributed by atoms with E-state index in [1.165, 1.54) is 12.4 Å². The second kappa shape index (κ2) is 3.57. The van der Waals surface area contributed by atoms with Crippen LogP contribution in [0, 0.1) is 0 Å². The predicted molar refractivity (Wildman–Crippen MR) is 44.8 cm³/mol. The van der Waals surface area contributed by atoms with Gasteiger partial charge in [0.25, 0.3) is 0 Å². The van der Waals surface area contributed by atoms with Crippen molar-refractivity contribution in [1.29, 1.82) is 0 Å². The number of aromatic amines is 1. The third-order valence-corrected chi connectivity index (χ3v) is 1.06. The quantitative estimate of drug-likeness (QED) is 0.555. The van der Waals surface area contributed by atoms with Gasteiger partial charge in [0.15, 0.2) is 0 Å². The molecule has 0 unspecified atom stereocenters. The number of hydrogen-bond donors (Lipinski definition) is 1. The Morgan fingerprint density at radius 2 is 2.23 bits per heavy atom. The molecule has 1 rings (SSSR count). The molecule has 1 aromatic heterocycles. The van der Waals surface area contributed by atoms with E-state index in [1.807, 2.05) is 0 Å². The highest BCUT2D eigenvalue weighted by Crippen LogP contribution is 2.08. The lowest BCUT2D eigenvalue weighted by Gasteiger charge is -2.15. The highest BCUT2D eigenvalue weighted by molar-refractivity contribution is 5.84. The number of carbonyl (C=O) groups is 1. The van der Waals surface area contributed by atoms with E-state index < -0.39 is 11.6 Å². The third-order valence-electron chi connectivity index (χ3n) is 1.06. The molecule has 0 atom stereocenters. The third kappa shape index (κ3) is 3.25. The summed E-state index contributed by atoms with van der Waals surface area (Å²) < 4.78 is 0. The first-order valence-electron chi connectivity index (χ1n) is 3.88. The Hall–Kier alpha value is -1.36. The SMILES string of the molecule is CC(C)(C)OOC(=O)c1ncc[nH]1. The van der Waals surface area contributed by atoms with Crippen LogP contribution in [0.25, 0.3) is 0 Å². The Morgan fingerprint density at radius 1 is 1.54 bits per heavy atom. The van der Waals surface area contributed by atoms with Gasteiger partial charge in [0.05, 0.1) is 0 Å². The highest BCUT2D eigenvalue weighted by atomic mass is 17.2. The van der Waals surface area contributed by atoms with Gasteiger partial charge in [-0.15, -0.1) is 0 Å². The number of carbonyl (C=O) groups excluding carboxylic acids is 1. The molecule has 0 aliphatic rings. The summed E-state index contributed by atoms with van der Waals surface area (Å²) in [5.41, 5.74) is -0.512. The maximum absolute atomic E-state index is 11.1. The molecule has 0 aromatic carbocycles. The molecule has 0 aliphatic carbocycles. The average molecular weight is 184 g/mol. The minimum Gasteiger partial charge on any atom is -0.339 e. The standard InChI is InChI=1S/C8H12N2O3/c1-8(2,3)13-12-7(11)6-9-4-5-10-6/h4-5H,1-3H3,(H,9,10). The van der Waals surface area contributed by atoms with Gasteiger partial charge < -0.3 is 4.98 Å². The molecule has 0 aliphatic heterocycles. The van der Waals surface area contributed by atoms with Crippen molar-refractivity contribution in [1.82, 2.24) is 9.97 Å². The molecule has 1 heterocycles. The van der Waals surface area contributed by atoms with Crippen molar-refractivity contribution in [2.45, 2.75) is 26.4 Å². The summed E-state index contributed by atoms with van der Waals surface area (Å²) in [5, 5.41) is 0. The first-order valence-corrected chi connectivity index (χ1v) is 3.88. The smallest absolute Gasteiger partial charge is 0.339 e. The average Bonchev–Trinajstić information content (AvgIpc) is 2.50. The second-order valence-electron chi connectivity index (χ2n) is 3.50. The maximum Gasteiger partial charge on any atom is 0.408 e. The van der Waals surface area contributed by atoms with Crippen LogP contribution in [0.4, 0.5) is 0 Å². The zero-order chi connectivity index (χ0) is 9.90. The fraction of sp³-hybridized carbons (Fsp3) is 0.500. The first-order chi connectivity index (χ1) is 5.99. The predicted octanol–water partition coefficient (Wildman–Crippen LogP) is 1.30. The van der Waals surface area contributed by atoms with Crippen molar-refractivity contribution < 1.29 is 14.6 Å². The largest absolute Gasteiger partial charge is 0.408 e. The Balaban J connectivity index is 2.44. The van der Waals surface area contributed by atoms with Crippen LogP contribution in [0.3, 0.4) is 0 Å². The summed E-state index contributed by atoms with van der Waals surface area (Å²) in [6.07, 6.45) is 3.00. The van der Waals surface area contributed by atoms with E-state index in [2.05, 4.69) is 14.9 Å². The van der Waals surface area contributed by atoms with Gasteiger partial charge in [0.1, 0.15) is 5.60 Å². The molecule has 0 saturated heterocycles. The molecule has 0 fully saturated rings. The second-order valence-corrected chi connectivity index (χ2v) is 3.50. The number of hydrogen-bond acceptors (Lipinski definition) is 4. The number of H-pyrrole nitrogens is 1. The Kier molecular flexibility index (Phi) is 2.67. The van der Waals surface area contributed by atoms with Crippen molar-refractivity contribution >= 4 is 5.97 Å². The van der Waals surface area contributed by atoms with Crippen molar-refractivity contribution in [3.8, 4) is 0 Å². The van der Waals surface area contributed by atoms with Gasteiger partial charge in [-0.3, -0.25) is 4.89 Å². The van der Waals surface area contributed by atoms with E-state index in [1.54, 1.807) is 20.8 Å². The molecule has 0 radical (unpaired) electrons. The zero-order valence-electron chi connectivity index (χ0n) is 7.83.